The van der Waals surface area contributed by atoms with Gasteiger partial charge in [-0.3, -0.25) is 0 Å². The monoisotopic (exact) mass is 280 g/mol. The van der Waals surface area contributed by atoms with Gasteiger partial charge in [-0.25, -0.2) is 0 Å². The summed E-state index contributed by atoms with van der Waals surface area (Å²) in [7, 11) is 0. The van der Waals surface area contributed by atoms with Crippen LogP contribution in [0, 0.1) is 6.07 Å². The maximum Gasteiger partial charge on any atom is 1.00 e. The molecule has 0 aliphatic rings. The molecular formula is C7H5KO2Sn. The first kappa shape index (κ1) is 12.1. The molecule has 1 N–H and O–H groups in total. The van der Waals surface area contributed by atoms with Gasteiger partial charge in [-0.05, 0) is 0 Å². The third-order valence-electron chi connectivity index (χ3n) is 0.970. The molecule has 0 saturated heterocycles. The van der Waals surface area contributed by atoms with Gasteiger partial charge < -0.3 is 0 Å². The van der Waals surface area contributed by atoms with E-state index < -0.39 is 25.1 Å². The van der Waals surface area contributed by atoms with Gasteiger partial charge in [0.1, 0.15) is 0 Å². The molecule has 0 atom stereocenters. The second-order valence-electron chi connectivity index (χ2n) is 1.72. The number of hydrogen-bond donors (Lipinski definition) is 1. The van der Waals surface area contributed by atoms with E-state index in [1.807, 2.05) is 12.1 Å². The van der Waals surface area contributed by atoms with Gasteiger partial charge in [0.15, 0.2) is 0 Å². The molecule has 0 saturated carbocycles. The zero-order valence-corrected chi connectivity index (χ0v) is 12.1. The topological polar surface area (TPSA) is 37.3 Å². The zero-order chi connectivity index (χ0) is 7.40. The summed E-state index contributed by atoms with van der Waals surface area (Å²) in [4.78, 5) is 10.2. The molecule has 50 valence electrons. The van der Waals surface area contributed by atoms with E-state index in [0.717, 1.165) is 3.58 Å². The van der Waals surface area contributed by atoms with Crippen molar-refractivity contribution in [3.8, 4) is 0 Å². The van der Waals surface area contributed by atoms with Gasteiger partial charge in [0.25, 0.3) is 0 Å². The molecule has 2 nitrogen and oxygen atoms in total. The third-order valence-corrected chi connectivity index (χ3v) is 3.36. The third kappa shape index (κ3) is 5.38. The van der Waals surface area contributed by atoms with Gasteiger partial charge in [0, 0.05) is 0 Å². The summed E-state index contributed by atoms with van der Waals surface area (Å²) in [5, 5.41) is 8.43. The number of carboxylic acid groups (broad SMARTS) is 1. The molecule has 1 rings (SSSR count). The Hall–Kier alpha value is 1.13. The normalized spacial score (nSPS) is 8.36. The molecule has 0 unspecified atom stereocenters. The number of carbonyl (C=O) groups is 1. The molecule has 0 spiro atoms. The van der Waals surface area contributed by atoms with E-state index in [1.54, 1.807) is 12.1 Å². The molecule has 0 amide bonds. The molecule has 1 aromatic carbocycles. The predicted octanol–water partition coefficient (Wildman–Crippen LogP) is -2.50. The largest absolute Gasteiger partial charge is 1.00 e. The SMILES string of the molecule is O=[C](O)[Sn][c]1cc[c-]cc1.[K+]. The van der Waals surface area contributed by atoms with Crippen LogP contribution in [0.2, 0.25) is 0 Å². The summed E-state index contributed by atoms with van der Waals surface area (Å²) in [5.41, 5.74) is 0. The fourth-order valence-corrected chi connectivity index (χ4v) is 2.25. The molecule has 0 bridgehead atoms. The average Bonchev–Trinajstić information content (AvgIpc) is 1.88. The van der Waals surface area contributed by atoms with Crippen LogP contribution in [0.5, 0.6) is 0 Å². The minimum atomic E-state index is -1.34. The van der Waals surface area contributed by atoms with E-state index in [9.17, 15) is 4.79 Å². The molecule has 11 heavy (non-hydrogen) atoms. The van der Waals surface area contributed by atoms with Crippen molar-refractivity contribution in [3.05, 3.63) is 30.3 Å². The molecule has 1 aromatic rings. The molecule has 0 aliphatic heterocycles. The Labute approximate surface area is 118 Å². The van der Waals surface area contributed by atoms with Crippen LogP contribution >= 0.6 is 0 Å². The zero-order valence-electron chi connectivity index (χ0n) is 6.16. The van der Waals surface area contributed by atoms with Crippen LogP contribution in [0.1, 0.15) is 0 Å². The Kier molecular flexibility index (Phi) is 7.30. The first-order valence-corrected chi connectivity index (χ1v) is 5.60. The number of benzene rings is 1. The van der Waals surface area contributed by atoms with E-state index >= 15 is 0 Å². The average molecular weight is 279 g/mol. The van der Waals surface area contributed by atoms with Gasteiger partial charge >= 0.3 is 120 Å². The van der Waals surface area contributed by atoms with Crippen LogP contribution in [-0.2, 0) is 0 Å². The fraction of sp³-hybridized carbons (Fsp3) is 0. The van der Waals surface area contributed by atoms with Crippen LogP contribution in [-0.4, -0.2) is 30.2 Å². The van der Waals surface area contributed by atoms with Crippen molar-refractivity contribution < 1.29 is 61.3 Å². The molecule has 4 heteroatoms. The van der Waals surface area contributed by atoms with Crippen molar-refractivity contribution in [2.45, 2.75) is 0 Å². The Balaban J connectivity index is 0.000001000. The van der Waals surface area contributed by atoms with Gasteiger partial charge in [-0.1, -0.05) is 0 Å². The van der Waals surface area contributed by atoms with Gasteiger partial charge in [0.2, 0.25) is 0 Å². The second kappa shape index (κ2) is 6.62. The van der Waals surface area contributed by atoms with Gasteiger partial charge in [-0.15, -0.1) is 0 Å². The predicted molar refractivity (Wildman–Crippen MR) is 38.7 cm³/mol. The minimum Gasteiger partial charge on any atom is 1.00 e. The van der Waals surface area contributed by atoms with Crippen molar-refractivity contribution in [2.24, 2.45) is 0 Å². The molecule has 0 aliphatic carbocycles. The van der Waals surface area contributed by atoms with Crippen molar-refractivity contribution in [3.63, 3.8) is 0 Å². The van der Waals surface area contributed by atoms with Crippen LogP contribution in [0.3, 0.4) is 0 Å². The Morgan fingerprint density at radius 1 is 1.45 bits per heavy atom. The van der Waals surface area contributed by atoms with Crippen molar-refractivity contribution in [1.29, 1.82) is 0 Å². The molecule has 0 heterocycles. The first-order chi connectivity index (χ1) is 4.79. The summed E-state index contributed by atoms with van der Waals surface area (Å²) < 4.78 is 0.352. The Morgan fingerprint density at radius 2 is 2.00 bits per heavy atom. The second-order valence-corrected chi connectivity index (χ2v) is 5.30. The van der Waals surface area contributed by atoms with Crippen LogP contribution in [0.15, 0.2) is 24.3 Å². The van der Waals surface area contributed by atoms with Gasteiger partial charge in [-0.2, -0.15) is 0 Å². The van der Waals surface area contributed by atoms with Crippen LogP contribution in [0.25, 0.3) is 0 Å². The molecular weight excluding hydrogens is 274 g/mol. The molecule has 0 fully saturated rings. The van der Waals surface area contributed by atoms with E-state index in [0.29, 0.717) is 0 Å². The summed E-state index contributed by atoms with van der Waals surface area (Å²) in [6, 6.07) is 9.98. The Bertz CT molecular complexity index is 225. The minimum absolute atomic E-state index is 0. The van der Waals surface area contributed by atoms with E-state index in [-0.39, 0.29) is 51.4 Å². The number of hydrogen-bond acceptors (Lipinski definition) is 1. The van der Waals surface area contributed by atoms with Gasteiger partial charge in [0.05, 0.1) is 0 Å². The van der Waals surface area contributed by atoms with E-state index in [2.05, 4.69) is 6.07 Å². The van der Waals surface area contributed by atoms with Crippen molar-refractivity contribution in [2.75, 3.05) is 0 Å². The summed E-state index contributed by atoms with van der Waals surface area (Å²) >= 11 is -1.34. The maximum atomic E-state index is 10.2. The number of rotatable bonds is 2. The fourth-order valence-electron chi connectivity index (χ4n) is 0.594. The summed E-state index contributed by atoms with van der Waals surface area (Å²) in [6.07, 6.45) is 0. The first-order valence-electron chi connectivity index (χ1n) is 2.75. The maximum absolute atomic E-state index is 10.2. The smallest absolute Gasteiger partial charge is 1.00 e. The quantitative estimate of drug-likeness (QED) is 0.480. The summed E-state index contributed by atoms with van der Waals surface area (Å²) in [5.74, 6) is 0. The van der Waals surface area contributed by atoms with Crippen molar-refractivity contribution in [1.82, 2.24) is 0 Å². The Morgan fingerprint density at radius 3 is 2.45 bits per heavy atom. The van der Waals surface area contributed by atoms with Crippen LogP contribution < -0.4 is 55.0 Å². The molecule has 0 aromatic heterocycles. The van der Waals surface area contributed by atoms with Crippen molar-refractivity contribution >= 4 is 28.7 Å². The van der Waals surface area contributed by atoms with E-state index in [4.69, 9.17) is 5.11 Å². The molecule has 2 radical (unpaired) electrons. The summed E-state index contributed by atoms with van der Waals surface area (Å²) in [6.45, 7) is 0. The standard InChI is InChI=1S/C6H4.CHO2.K.Sn/c1-2-4-6-5-3-1;2-1-3;;/h1-2,5-6H;(H,2,3);;/q-1;;+1;. The van der Waals surface area contributed by atoms with Crippen LogP contribution in [0.4, 0.5) is 4.79 Å². The van der Waals surface area contributed by atoms with E-state index in [1.165, 1.54) is 0 Å².